The highest BCUT2D eigenvalue weighted by Crippen LogP contribution is 2.43. The molecule has 1 saturated heterocycles. The molecule has 182 valence electrons. The summed E-state index contributed by atoms with van der Waals surface area (Å²) in [5, 5.41) is 53.8. The Hall–Kier alpha value is -1.93. The number of aromatic amines is 1. The molecule has 3 unspecified atom stereocenters. The number of benzene rings is 1. The fourth-order valence-corrected chi connectivity index (χ4v) is 4.49. The van der Waals surface area contributed by atoms with Crippen molar-refractivity contribution < 1.29 is 44.6 Å². The molecule has 7 atom stereocenters. The number of H-pyrrole nitrogens is 1. The highest BCUT2D eigenvalue weighted by atomic mass is 79.9. The van der Waals surface area contributed by atoms with Gasteiger partial charge in [0.05, 0.1) is 40.6 Å². The monoisotopic (exact) mass is 550 g/mol. The molecule has 1 aromatic heterocycles. The smallest absolute Gasteiger partial charge is 0.377 e. The zero-order valence-corrected chi connectivity index (χ0v) is 19.9. The van der Waals surface area contributed by atoms with Gasteiger partial charge in [0.1, 0.15) is 18.3 Å². The molecule has 1 aliphatic heterocycles. The normalized spacial score (nSPS) is 29.5. The Morgan fingerprint density at radius 2 is 2.06 bits per heavy atom. The van der Waals surface area contributed by atoms with E-state index in [9.17, 15) is 35.1 Å². The van der Waals surface area contributed by atoms with E-state index in [4.69, 9.17) is 21.1 Å². The number of carboxylic acid groups (broad SMARTS) is 1. The first-order chi connectivity index (χ1) is 15.4. The zero-order chi connectivity index (χ0) is 24.7. The van der Waals surface area contributed by atoms with E-state index in [-0.39, 0.29) is 10.8 Å². The molecule has 0 spiro atoms. The van der Waals surface area contributed by atoms with Gasteiger partial charge in [-0.1, -0.05) is 18.5 Å². The van der Waals surface area contributed by atoms with Gasteiger partial charge in [-0.3, -0.25) is 4.79 Å². The minimum absolute atomic E-state index is 0.00771. The highest BCUT2D eigenvalue weighted by Gasteiger charge is 2.61. The molecule has 2 aromatic rings. The quantitative estimate of drug-likeness (QED) is 0.255. The van der Waals surface area contributed by atoms with Gasteiger partial charge in [0, 0.05) is 17.6 Å². The van der Waals surface area contributed by atoms with Gasteiger partial charge in [0.15, 0.2) is 5.75 Å². The van der Waals surface area contributed by atoms with Crippen LogP contribution in [0.15, 0.2) is 22.8 Å². The molecule has 0 aliphatic carbocycles. The number of carboxylic acids is 1. The summed E-state index contributed by atoms with van der Waals surface area (Å²) in [6.45, 7) is 1.61. The lowest BCUT2D eigenvalue weighted by Gasteiger charge is -2.49. The lowest BCUT2D eigenvalue weighted by Crippen LogP contribution is -2.72. The molecule has 33 heavy (non-hydrogen) atoms. The Kier molecular flexibility index (Phi) is 7.58. The van der Waals surface area contributed by atoms with Crippen molar-refractivity contribution >= 4 is 50.3 Å². The number of rotatable bonds is 7. The summed E-state index contributed by atoms with van der Waals surface area (Å²) in [5.41, 5.74) is 0.533. The van der Waals surface area contributed by atoms with Gasteiger partial charge in [-0.05, 0) is 28.1 Å². The molecule has 2 heterocycles. The van der Waals surface area contributed by atoms with E-state index in [1.54, 1.807) is 12.1 Å². The molecule has 11 nitrogen and oxygen atoms in total. The molecule has 13 heteroatoms. The topological polar surface area (TPSA) is 182 Å². The largest absolute Gasteiger partial charge is 0.476 e. The summed E-state index contributed by atoms with van der Waals surface area (Å²) < 4.78 is 12.1. The fourth-order valence-electron chi connectivity index (χ4n) is 3.90. The van der Waals surface area contributed by atoms with Crippen molar-refractivity contribution in [1.82, 2.24) is 10.3 Å². The number of aliphatic hydroxyl groups excluding tert-OH is 4. The lowest BCUT2D eigenvalue weighted by molar-refractivity contribution is -0.306. The van der Waals surface area contributed by atoms with Crippen LogP contribution < -0.4 is 10.1 Å². The van der Waals surface area contributed by atoms with Crippen LogP contribution in [0.3, 0.4) is 0 Å². The molecule has 0 bridgehead atoms. The predicted octanol–water partition coefficient (Wildman–Crippen LogP) is 0.358. The van der Waals surface area contributed by atoms with Crippen LogP contribution in [0, 0.1) is 5.92 Å². The van der Waals surface area contributed by atoms with E-state index < -0.39 is 60.6 Å². The number of aromatic nitrogens is 1. The van der Waals surface area contributed by atoms with Crippen molar-refractivity contribution in [3.63, 3.8) is 0 Å². The first-order valence-electron chi connectivity index (χ1n) is 9.92. The number of halogens is 2. The van der Waals surface area contributed by atoms with Crippen molar-refractivity contribution in [2.75, 3.05) is 6.61 Å². The average molecular weight is 552 g/mol. The van der Waals surface area contributed by atoms with E-state index in [1.807, 2.05) is 0 Å². The maximum Gasteiger partial charge on any atom is 0.377 e. The van der Waals surface area contributed by atoms with E-state index in [2.05, 4.69) is 26.2 Å². The number of carbonyl (C=O) groups excluding carboxylic acids is 1. The summed E-state index contributed by atoms with van der Waals surface area (Å²) in [5.74, 6) is -6.08. The number of aliphatic hydroxyl groups is 4. The van der Waals surface area contributed by atoms with Gasteiger partial charge in [0.2, 0.25) is 5.91 Å². The molecule has 3 rings (SSSR count). The van der Waals surface area contributed by atoms with E-state index in [0.29, 0.717) is 15.4 Å². The molecule has 1 aromatic carbocycles. The Labute approximate surface area is 201 Å². The van der Waals surface area contributed by atoms with Crippen molar-refractivity contribution in [1.29, 1.82) is 0 Å². The highest BCUT2D eigenvalue weighted by molar-refractivity contribution is 9.10. The SMILES string of the molecule is CC(=O)N[C@H]1C(C(O)C(O)CO)O[C@@](Oc2c[nH]c3ccc(Br)c(Cl)c23)(C(=O)O)[C@@H](C)[C@H]1O. The fraction of sp³-hybridized carbons (Fsp3) is 0.500. The summed E-state index contributed by atoms with van der Waals surface area (Å²) in [6.07, 6.45) is -5.51. The maximum absolute atomic E-state index is 12.5. The second-order valence-electron chi connectivity index (χ2n) is 7.84. The van der Waals surface area contributed by atoms with Gasteiger partial charge in [-0.15, -0.1) is 0 Å². The van der Waals surface area contributed by atoms with Crippen LogP contribution in [0.4, 0.5) is 0 Å². The summed E-state index contributed by atoms with van der Waals surface area (Å²) in [6, 6.07) is 2.05. The summed E-state index contributed by atoms with van der Waals surface area (Å²) in [4.78, 5) is 27.1. The zero-order valence-electron chi connectivity index (χ0n) is 17.5. The molecule has 1 amide bonds. The van der Waals surface area contributed by atoms with Crippen molar-refractivity contribution in [2.24, 2.45) is 5.92 Å². The third-order valence-corrected chi connectivity index (χ3v) is 6.97. The molecule has 1 fully saturated rings. The maximum atomic E-state index is 12.5. The lowest BCUT2D eigenvalue weighted by atomic mass is 9.81. The summed E-state index contributed by atoms with van der Waals surface area (Å²) >= 11 is 9.66. The second kappa shape index (κ2) is 9.74. The minimum Gasteiger partial charge on any atom is -0.476 e. The Balaban J connectivity index is 2.11. The van der Waals surface area contributed by atoms with Crippen LogP contribution >= 0.6 is 27.5 Å². The second-order valence-corrected chi connectivity index (χ2v) is 9.07. The van der Waals surface area contributed by atoms with Crippen molar-refractivity contribution in [3.05, 3.63) is 27.8 Å². The van der Waals surface area contributed by atoms with Gasteiger partial charge >= 0.3 is 11.8 Å². The first kappa shape index (κ1) is 25.7. The first-order valence-corrected chi connectivity index (χ1v) is 11.1. The number of ether oxygens (including phenoxy) is 2. The van der Waals surface area contributed by atoms with Gasteiger partial charge in [0.25, 0.3) is 0 Å². The van der Waals surface area contributed by atoms with E-state index >= 15 is 0 Å². The molecule has 7 N–H and O–H groups in total. The van der Waals surface area contributed by atoms with Crippen molar-refractivity contribution in [3.8, 4) is 5.75 Å². The number of amides is 1. The third kappa shape index (κ3) is 4.56. The standard InChI is InChI=1S/C20H24BrClN2O9/c1-7-16(28)15(24-8(2)26)18(17(29)11(27)6-25)33-20(7,19(30)31)32-12-5-23-10-4-3-9(21)14(22)13(10)12/h3-5,7,11,15-18,23,25,27-29H,6H2,1-2H3,(H,24,26)(H,30,31)/t7-,11?,15+,16+,17?,18?,20+/m0/s1. The Morgan fingerprint density at radius 1 is 1.39 bits per heavy atom. The Bertz CT molecular complexity index is 1050. The Morgan fingerprint density at radius 3 is 2.64 bits per heavy atom. The molecular weight excluding hydrogens is 528 g/mol. The number of carbonyl (C=O) groups is 2. The predicted molar refractivity (Wildman–Crippen MR) is 119 cm³/mol. The minimum atomic E-state index is -2.56. The van der Waals surface area contributed by atoms with Gasteiger partial charge < -0.3 is 45.3 Å². The number of hydrogen-bond donors (Lipinski definition) is 7. The molecule has 0 radical (unpaired) electrons. The van der Waals surface area contributed by atoms with Crippen LogP contribution in [0.2, 0.25) is 5.02 Å². The van der Waals surface area contributed by atoms with Crippen LogP contribution in [-0.2, 0) is 14.3 Å². The van der Waals surface area contributed by atoms with Crippen molar-refractivity contribution in [2.45, 2.75) is 50.1 Å². The number of aliphatic carboxylic acids is 1. The van der Waals surface area contributed by atoms with Crippen LogP contribution in [0.25, 0.3) is 10.9 Å². The number of hydrogen-bond acceptors (Lipinski definition) is 8. The van der Waals surface area contributed by atoms with Gasteiger partial charge in [-0.2, -0.15) is 0 Å². The number of fused-ring (bicyclic) bond motifs is 1. The molecular formula is C20H24BrClN2O9. The number of nitrogens with one attached hydrogen (secondary N) is 2. The van der Waals surface area contributed by atoms with Crippen LogP contribution in [-0.4, -0.2) is 85.2 Å². The summed E-state index contributed by atoms with van der Waals surface area (Å²) in [7, 11) is 0. The van der Waals surface area contributed by atoms with Crippen LogP contribution in [0.1, 0.15) is 13.8 Å². The molecule has 1 aliphatic rings. The molecule has 0 saturated carbocycles. The average Bonchev–Trinajstić information content (AvgIpc) is 3.17. The third-order valence-electron chi connectivity index (χ3n) is 5.69. The van der Waals surface area contributed by atoms with E-state index in [1.165, 1.54) is 13.1 Å². The van der Waals surface area contributed by atoms with E-state index in [0.717, 1.165) is 6.92 Å². The van der Waals surface area contributed by atoms with Gasteiger partial charge in [-0.25, -0.2) is 4.79 Å². The van der Waals surface area contributed by atoms with Crippen LogP contribution in [0.5, 0.6) is 5.75 Å².